The van der Waals surface area contributed by atoms with Crippen LogP contribution < -0.4 is 0 Å². The molecule has 1 aromatic heterocycles. The number of aliphatic hydroxyl groups excluding tert-OH is 1. The van der Waals surface area contributed by atoms with Gasteiger partial charge in [0, 0.05) is 10.4 Å². The summed E-state index contributed by atoms with van der Waals surface area (Å²) in [7, 11) is 0. The van der Waals surface area contributed by atoms with Gasteiger partial charge in [0.25, 0.3) is 0 Å². The van der Waals surface area contributed by atoms with Gasteiger partial charge in [-0.05, 0) is 30.0 Å². The molecule has 0 aliphatic carbocycles. The zero-order chi connectivity index (χ0) is 10.8. The summed E-state index contributed by atoms with van der Waals surface area (Å²) >= 11 is 1.55. The number of rotatable bonds is 2. The number of thiophene rings is 1. The van der Waals surface area contributed by atoms with Crippen molar-refractivity contribution in [3.8, 4) is 0 Å². The van der Waals surface area contributed by atoms with Crippen LogP contribution in [-0.4, -0.2) is 5.11 Å². The van der Waals surface area contributed by atoms with E-state index in [0.29, 0.717) is 5.56 Å². The third-order valence-electron chi connectivity index (χ3n) is 2.39. The van der Waals surface area contributed by atoms with Crippen molar-refractivity contribution in [3.63, 3.8) is 0 Å². The van der Waals surface area contributed by atoms with Gasteiger partial charge in [-0.3, -0.25) is 0 Å². The minimum Gasteiger partial charge on any atom is -0.384 e. The minimum absolute atomic E-state index is 0.332. The van der Waals surface area contributed by atoms with Crippen molar-refractivity contribution in [1.82, 2.24) is 0 Å². The number of benzene rings is 1. The van der Waals surface area contributed by atoms with E-state index in [4.69, 9.17) is 0 Å². The minimum atomic E-state index is -0.863. The monoisotopic (exact) mass is 222 g/mol. The Hall–Kier alpha value is -1.19. The molecule has 2 aromatic rings. The zero-order valence-electron chi connectivity index (χ0n) is 8.27. The first kappa shape index (κ1) is 10.3. The highest BCUT2D eigenvalue weighted by Gasteiger charge is 2.16. The normalized spacial score (nSPS) is 12.7. The fourth-order valence-corrected chi connectivity index (χ4v) is 2.28. The third kappa shape index (κ3) is 1.94. The second-order valence-electron chi connectivity index (χ2n) is 3.36. The second kappa shape index (κ2) is 4.13. The average Bonchev–Trinajstić information content (AvgIpc) is 2.64. The van der Waals surface area contributed by atoms with Crippen molar-refractivity contribution in [2.45, 2.75) is 13.0 Å². The quantitative estimate of drug-likeness (QED) is 0.826. The van der Waals surface area contributed by atoms with Crippen LogP contribution in [-0.2, 0) is 0 Å². The van der Waals surface area contributed by atoms with Gasteiger partial charge in [-0.15, -0.1) is 11.3 Å². The maximum absolute atomic E-state index is 13.4. The lowest BCUT2D eigenvalue weighted by molar-refractivity contribution is 0.215. The smallest absolute Gasteiger partial charge is 0.129 e. The summed E-state index contributed by atoms with van der Waals surface area (Å²) in [5, 5.41) is 11.9. The lowest BCUT2D eigenvalue weighted by atomic mass is 10.0. The first-order valence-corrected chi connectivity index (χ1v) is 5.54. The molecule has 1 heterocycles. The van der Waals surface area contributed by atoms with Crippen molar-refractivity contribution in [3.05, 3.63) is 57.5 Å². The van der Waals surface area contributed by atoms with Crippen molar-refractivity contribution < 1.29 is 9.50 Å². The van der Waals surface area contributed by atoms with Gasteiger partial charge >= 0.3 is 0 Å². The lowest BCUT2D eigenvalue weighted by Gasteiger charge is -2.11. The molecule has 1 atom stereocenters. The Morgan fingerprint density at radius 1 is 1.20 bits per heavy atom. The Balaban J connectivity index is 2.41. The molecule has 0 fully saturated rings. The van der Waals surface area contributed by atoms with Crippen molar-refractivity contribution >= 4 is 11.3 Å². The highest BCUT2D eigenvalue weighted by atomic mass is 32.1. The number of halogens is 1. The van der Waals surface area contributed by atoms with Crippen LogP contribution in [0, 0.1) is 12.7 Å². The van der Waals surface area contributed by atoms with Crippen LogP contribution >= 0.6 is 11.3 Å². The Morgan fingerprint density at radius 3 is 2.53 bits per heavy atom. The summed E-state index contributed by atoms with van der Waals surface area (Å²) in [4.78, 5) is 1.02. The van der Waals surface area contributed by atoms with Gasteiger partial charge in [-0.25, -0.2) is 4.39 Å². The van der Waals surface area contributed by atoms with Gasteiger partial charge in [0.1, 0.15) is 11.9 Å². The first-order valence-electron chi connectivity index (χ1n) is 4.66. The molecule has 78 valence electrons. The van der Waals surface area contributed by atoms with Gasteiger partial charge in [0.05, 0.1) is 0 Å². The SMILES string of the molecule is Cc1sccc1C(O)c1ccccc1F. The van der Waals surface area contributed by atoms with Gasteiger partial charge in [0.15, 0.2) is 0 Å². The molecule has 1 aromatic carbocycles. The highest BCUT2D eigenvalue weighted by Crippen LogP contribution is 2.29. The van der Waals surface area contributed by atoms with E-state index < -0.39 is 6.10 Å². The molecule has 1 N–H and O–H groups in total. The van der Waals surface area contributed by atoms with E-state index in [2.05, 4.69) is 0 Å². The van der Waals surface area contributed by atoms with Gasteiger partial charge < -0.3 is 5.11 Å². The standard InChI is InChI=1S/C12H11FOS/c1-8-9(6-7-15-8)12(14)10-4-2-3-5-11(10)13/h2-7,12,14H,1H3. The van der Waals surface area contributed by atoms with E-state index in [9.17, 15) is 9.50 Å². The lowest BCUT2D eigenvalue weighted by Crippen LogP contribution is -2.02. The molecule has 1 unspecified atom stereocenters. The van der Waals surface area contributed by atoms with Crippen molar-refractivity contribution in [2.24, 2.45) is 0 Å². The molecule has 2 rings (SSSR count). The Bertz CT molecular complexity index is 464. The average molecular weight is 222 g/mol. The summed E-state index contributed by atoms with van der Waals surface area (Å²) in [6, 6.07) is 8.14. The number of aryl methyl sites for hydroxylation is 1. The molecule has 1 nitrogen and oxygen atoms in total. The van der Waals surface area contributed by atoms with Crippen LogP contribution in [0.1, 0.15) is 22.1 Å². The van der Waals surface area contributed by atoms with Gasteiger partial charge in [0.2, 0.25) is 0 Å². The van der Waals surface area contributed by atoms with E-state index in [-0.39, 0.29) is 5.82 Å². The molecule has 3 heteroatoms. The Kier molecular flexibility index (Phi) is 2.84. The van der Waals surface area contributed by atoms with E-state index in [0.717, 1.165) is 10.4 Å². The van der Waals surface area contributed by atoms with Crippen LogP contribution in [0.25, 0.3) is 0 Å². The topological polar surface area (TPSA) is 20.2 Å². The van der Waals surface area contributed by atoms with Crippen LogP contribution in [0.4, 0.5) is 4.39 Å². The molecule has 0 aliphatic heterocycles. The van der Waals surface area contributed by atoms with Crippen LogP contribution in [0.3, 0.4) is 0 Å². The Morgan fingerprint density at radius 2 is 1.93 bits per heavy atom. The summed E-state index contributed by atoms with van der Waals surface area (Å²) in [6.07, 6.45) is -0.863. The zero-order valence-corrected chi connectivity index (χ0v) is 9.09. The van der Waals surface area contributed by atoms with Crippen LogP contribution in [0.15, 0.2) is 35.7 Å². The molecule has 0 bridgehead atoms. The first-order chi connectivity index (χ1) is 7.20. The molecule has 0 amide bonds. The molecular formula is C12H11FOS. The predicted molar refractivity (Wildman–Crippen MR) is 59.5 cm³/mol. The molecule has 0 spiro atoms. The fraction of sp³-hybridized carbons (Fsp3) is 0.167. The Labute approximate surface area is 91.8 Å². The maximum Gasteiger partial charge on any atom is 0.129 e. The summed E-state index contributed by atoms with van der Waals surface area (Å²) in [6.45, 7) is 1.92. The molecule has 0 saturated heterocycles. The van der Waals surface area contributed by atoms with E-state index in [1.54, 1.807) is 29.5 Å². The van der Waals surface area contributed by atoms with Gasteiger partial charge in [-0.2, -0.15) is 0 Å². The van der Waals surface area contributed by atoms with Crippen molar-refractivity contribution in [2.75, 3.05) is 0 Å². The number of aliphatic hydroxyl groups is 1. The summed E-state index contributed by atoms with van der Waals surface area (Å²) in [5.74, 6) is -0.365. The molecular weight excluding hydrogens is 211 g/mol. The van der Waals surface area contributed by atoms with Gasteiger partial charge in [-0.1, -0.05) is 18.2 Å². The second-order valence-corrected chi connectivity index (χ2v) is 4.48. The molecule has 0 saturated carbocycles. The number of hydrogen-bond acceptors (Lipinski definition) is 2. The predicted octanol–water partition coefficient (Wildman–Crippen LogP) is 3.28. The number of hydrogen-bond donors (Lipinski definition) is 1. The summed E-state index contributed by atoms with van der Waals surface area (Å²) in [5.41, 5.74) is 1.11. The van der Waals surface area contributed by atoms with E-state index >= 15 is 0 Å². The molecule has 0 aliphatic rings. The van der Waals surface area contributed by atoms with E-state index in [1.807, 2.05) is 18.4 Å². The molecule has 15 heavy (non-hydrogen) atoms. The maximum atomic E-state index is 13.4. The molecule has 0 radical (unpaired) electrons. The largest absolute Gasteiger partial charge is 0.384 e. The van der Waals surface area contributed by atoms with Crippen molar-refractivity contribution in [1.29, 1.82) is 0 Å². The van der Waals surface area contributed by atoms with Crippen LogP contribution in [0.5, 0.6) is 0 Å². The van der Waals surface area contributed by atoms with E-state index in [1.165, 1.54) is 6.07 Å². The summed E-state index contributed by atoms with van der Waals surface area (Å²) < 4.78 is 13.4. The third-order valence-corrected chi connectivity index (χ3v) is 3.25. The van der Waals surface area contributed by atoms with Crippen LogP contribution in [0.2, 0.25) is 0 Å². The fourth-order valence-electron chi connectivity index (χ4n) is 1.54. The highest BCUT2D eigenvalue weighted by molar-refractivity contribution is 7.10.